The van der Waals surface area contributed by atoms with Gasteiger partial charge in [0, 0.05) is 42.5 Å². The molecule has 1 aromatic carbocycles. The van der Waals surface area contributed by atoms with E-state index in [1.807, 2.05) is 24.5 Å². The number of H-pyrrole nitrogens is 1. The Labute approximate surface area is 149 Å². The predicted octanol–water partition coefficient (Wildman–Crippen LogP) is 4.30. The second kappa shape index (κ2) is 7.62. The fourth-order valence-electron chi connectivity index (χ4n) is 3.05. The summed E-state index contributed by atoms with van der Waals surface area (Å²) in [7, 11) is 0. The lowest BCUT2D eigenvalue weighted by Gasteiger charge is -2.25. The van der Waals surface area contributed by atoms with Crippen molar-refractivity contribution in [3.05, 3.63) is 83.4 Å². The number of hydrogen-bond acceptors (Lipinski definition) is 3. The zero-order valence-electron chi connectivity index (χ0n) is 15.2. The summed E-state index contributed by atoms with van der Waals surface area (Å²) in [6.07, 6.45) is 3.81. The molecule has 0 aliphatic rings. The number of hydrogen-bond donors (Lipinski definition) is 1. The number of rotatable bonds is 6. The van der Waals surface area contributed by atoms with Crippen LogP contribution in [0.25, 0.3) is 0 Å². The molecule has 0 spiro atoms. The largest absolute Gasteiger partial charge is 0.289 e. The van der Waals surface area contributed by atoms with E-state index in [0.717, 1.165) is 25.3 Å². The maximum Gasteiger partial charge on any atom is 0.0544 e. The van der Waals surface area contributed by atoms with Gasteiger partial charge in [-0.25, -0.2) is 0 Å². The lowest BCUT2D eigenvalue weighted by Crippen LogP contribution is -2.25. The normalized spacial score (nSPS) is 11.8. The summed E-state index contributed by atoms with van der Waals surface area (Å²) >= 11 is 0. The third kappa shape index (κ3) is 4.77. The molecule has 4 heteroatoms. The van der Waals surface area contributed by atoms with Gasteiger partial charge in [-0.05, 0) is 17.7 Å². The van der Waals surface area contributed by atoms with Crippen LogP contribution in [0.3, 0.4) is 0 Å². The smallest absolute Gasteiger partial charge is 0.0544 e. The number of pyridine rings is 1. The molecule has 2 heterocycles. The molecule has 0 saturated heterocycles. The zero-order chi connectivity index (χ0) is 17.7. The Hall–Kier alpha value is -2.46. The minimum atomic E-state index is 0.0508. The van der Waals surface area contributed by atoms with Gasteiger partial charge >= 0.3 is 0 Å². The van der Waals surface area contributed by atoms with E-state index in [1.165, 1.54) is 16.8 Å². The topological polar surface area (TPSA) is 44.8 Å². The van der Waals surface area contributed by atoms with Crippen molar-refractivity contribution in [3.8, 4) is 0 Å². The molecule has 0 radical (unpaired) electrons. The van der Waals surface area contributed by atoms with Crippen molar-refractivity contribution in [3.63, 3.8) is 0 Å². The van der Waals surface area contributed by atoms with E-state index >= 15 is 0 Å². The van der Waals surface area contributed by atoms with Crippen LogP contribution in [0, 0.1) is 0 Å². The van der Waals surface area contributed by atoms with Gasteiger partial charge in [-0.15, -0.1) is 0 Å². The molecule has 0 fully saturated rings. The zero-order valence-corrected chi connectivity index (χ0v) is 15.2. The fourth-order valence-corrected chi connectivity index (χ4v) is 3.05. The first-order valence-electron chi connectivity index (χ1n) is 8.71. The first-order chi connectivity index (χ1) is 12.0. The number of nitrogens with one attached hydrogen (secondary N) is 1. The van der Waals surface area contributed by atoms with Crippen LogP contribution < -0.4 is 0 Å². The molecule has 0 aliphatic heterocycles. The Kier molecular flexibility index (Phi) is 5.29. The van der Waals surface area contributed by atoms with Crippen LogP contribution in [0.15, 0.2) is 60.9 Å². The van der Waals surface area contributed by atoms with E-state index in [-0.39, 0.29) is 5.41 Å². The number of benzene rings is 1. The molecule has 25 heavy (non-hydrogen) atoms. The van der Waals surface area contributed by atoms with Crippen molar-refractivity contribution in [1.82, 2.24) is 20.1 Å². The molecule has 0 amide bonds. The standard InChI is InChI=1S/C21H26N4/c1-21(2,3)20-18(13-23-24-20)15-25(14-17-9-5-4-6-10-17)16-19-11-7-8-12-22-19/h4-13H,14-16H2,1-3H3,(H,23,24). The van der Waals surface area contributed by atoms with Gasteiger partial charge in [0.1, 0.15) is 0 Å². The molecule has 3 rings (SSSR count). The monoisotopic (exact) mass is 334 g/mol. The molecule has 3 aromatic rings. The Morgan fingerprint density at radius 2 is 1.68 bits per heavy atom. The van der Waals surface area contributed by atoms with E-state index in [1.54, 1.807) is 0 Å². The summed E-state index contributed by atoms with van der Waals surface area (Å²) in [5, 5.41) is 7.47. The molecule has 0 aliphatic carbocycles. The molecular weight excluding hydrogens is 308 g/mol. The van der Waals surface area contributed by atoms with E-state index in [2.05, 4.69) is 77.3 Å². The van der Waals surface area contributed by atoms with E-state index < -0.39 is 0 Å². The van der Waals surface area contributed by atoms with Crippen molar-refractivity contribution in [1.29, 1.82) is 0 Å². The molecule has 0 unspecified atom stereocenters. The summed E-state index contributed by atoms with van der Waals surface area (Å²) in [5.41, 5.74) is 4.89. The summed E-state index contributed by atoms with van der Waals surface area (Å²) in [4.78, 5) is 6.91. The number of aromatic nitrogens is 3. The minimum absolute atomic E-state index is 0.0508. The third-order valence-corrected chi connectivity index (χ3v) is 4.22. The first kappa shape index (κ1) is 17.4. The van der Waals surface area contributed by atoms with Crippen LogP contribution in [0.1, 0.15) is 43.3 Å². The number of aromatic amines is 1. The van der Waals surface area contributed by atoms with E-state index in [9.17, 15) is 0 Å². The van der Waals surface area contributed by atoms with Gasteiger partial charge in [-0.3, -0.25) is 15.0 Å². The molecule has 0 bridgehead atoms. The van der Waals surface area contributed by atoms with E-state index in [4.69, 9.17) is 0 Å². The predicted molar refractivity (Wildman–Crippen MR) is 101 cm³/mol. The highest BCUT2D eigenvalue weighted by atomic mass is 15.2. The average molecular weight is 334 g/mol. The van der Waals surface area contributed by atoms with Crippen LogP contribution in [-0.4, -0.2) is 20.1 Å². The Balaban J connectivity index is 1.82. The average Bonchev–Trinajstić information content (AvgIpc) is 3.05. The first-order valence-corrected chi connectivity index (χ1v) is 8.71. The van der Waals surface area contributed by atoms with Gasteiger partial charge in [-0.2, -0.15) is 5.10 Å². The van der Waals surface area contributed by atoms with Crippen molar-refractivity contribution in [2.45, 2.75) is 45.8 Å². The molecule has 4 nitrogen and oxygen atoms in total. The van der Waals surface area contributed by atoms with Gasteiger partial charge in [0.2, 0.25) is 0 Å². The Bertz CT molecular complexity index is 731. The van der Waals surface area contributed by atoms with Crippen molar-refractivity contribution in [2.75, 3.05) is 0 Å². The molecule has 2 aromatic heterocycles. The maximum atomic E-state index is 4.50. The van der Waals surface area contributed by atoms with Gasteiger partial charge in [0.25, 0.3) is 0 Å². The van der Waals surface area contributed by atoms with Gasteiger partial charge in [0.05, 0.1) is 11.9 Å². The summed E-state index contributed by atoms with van der Waals surface area (Å²) < 4.78 is 0. The Morgan fingerprint density at radius 3 is 2.36 bits per heavy atom. The fraction of sp³-hybridized carbons (Fsp3) is 0.333. The van der Waals surface area contributed by atoms with Crippen molar-refractivity contribution >= 4 is 0 Å². The van der Waals surface area contributed by atoms with Crippen LogP contribution in [0.2, 0.25) is 0 Å². The highest BCUT2D eigenvalue weighted by Crippen LogP contribution is 2.25. The van der Waals surface area contributed by atoms with Crippen LogP contribution >= 0.6 is 0 Å². The van der Waals surface area contributed by atoms with Crippen LogP contribution in [0.5, 0.6) is 0 Å². The molecule has 0 saturated carbocycles. The maximum absolute atomic E-state index is 4.50. The van der Waals surface area contributed by atoms with Gasteiger partial charge < -0.3 is 0 Å². The summed E-state index contributed by atoms with van der Waals surface area (Å²) in [6.45, 7) is 9.17. The van der Waals surface area contributed by atoms with E-state index in [0.29, 0.717) is 0 Å². The van der Waals surface area contributed by atoms with Gasteiger partial charge in [0.15, 0.2) is 0 Å². The van der Waals surface area contributed by atoms with Crippen LogP contribution in [-0.2, 0) is 25.0 Å². The Morgan fingerprint density at radius 1 is 0.920 bits per heavy atom. The molecule has 0 atom stereocenters. The third-order valence-electron chi connectivity index (χ3n) is 4.22. The summed E-state index contributed by atoms with van der Waals surface area (Å²) in [6, 6.07) is 16.7. The second-order valence-electron chi connectivity index (χ2n) is 7.47. The summed E-state index contributed by atoms with van der Waals surface area (Å²) in [5.74, 6) is 0. The lowest BCUT2D eigenvalue weighted by atomic mass is 9.89. The van der Waals surface area contributed by atoms with Gasteiger partial charge in [-0.1, -0.05) is 57.2 Å². The minimum Gasteiger partial charge on any atom is -0.289 e. The van der Waals surface area contributed by atoms with Crippen molar-refractivity contribution in [2.24, 2.45) is 0 Å². The highest BCUT2D eigenvalue weighted by Gasteiger charge is 2.21. The SMILES string of the molecule is CC(C)(C)c1[nH]ncc1CN(Cc1ccccc1)Cc1ccccn1. The highest BCUT2D eigenvalue weighted by molar-refractivity contribution is 5.24. The second-order valence-corrected chi connectivity index (χ2v) is 7.47. The molecule has 130 valence electrons. The van der Waals surface area contributed by atoms with Crippen LogP contribution in [0.4, 0.5) is 0 Å². The van der Waals surface area contributed by atoms with Crippen molar-refractivity contribution < 1.29 is 0 Å². The lowest BCUT2D eigenvalue weighted by molar-refractivity contribution is 0.243. The number of nitrogens with zero attached hydrogens (tertiary/aromatic N) is 3. The quantitative estimate of drug-likeness (QED) is 0.731. The molecule has 1 N–H and O–H groups in total. The molecular formula is C21H26N4.